The van der Waals surface area contributed by atoms with Gasteiger partial charge in [0.05, 0.1) is 17.1 Å². The minimum absolute atomic E-state index is 0.303. The topological polar surface area (TPSA) is 108 Å². The monoisotopic (exact) mass is 451 g/mol. The van der Waals surface area contributed by atoms with Gasteiger partial charge >= 0.3 is 12.1 Å². The van der Waals surface area contributed by atoms with E-state index in [4.69, 9.17) is 9.47 Å². The van der Waals surface area contributed by atoms with Crippen molar-refractivity contribution in [2.45, 2.75) is 104 Å². The van der Waals surface area contributed by atoms with Crippen LogP contribution in [-0.4, -0.2) is 38.6 Å². The van der Waals surface area contributed by atoms with Crippen molar-refractivity contribution in [1.82, 2.24) is 5.32 Å². The van der Waals surface area contributed by atoms with Crippen molar-refractivity contribution in [2.24, 2.45) is 11.3 Å². The van der Waals surface area contributed by atoms with Gasteiger partial charge in [0, 0.05) is 0 Å². The number of aliphatic hydroxyl groups is 3. The molecular weight excluding hydrogens is 410 g/mol. The van der Waals surface area contributed by atoms with Crippen LogP contribution in [0.1, 0.15) is 92.2 Å². The van der Waals surface area contributed by atoms with Crippen molar-refractivity contribution >= 4 is 6.09 Å². The molecule has 7 heteroatoms. The predicted octanol–water partition coefficient (Wildman–Crippen LogP) is 4.65. The van der Waals surface area contributed by atoms with Crippen LogP contribution in [0.25, 0.3) is 0 Å². The minimum Gasteiger partial charge on any atom is -0.444 e. The molecule has 1 aliphatic carbocycles. The van der Waals surface area contributed by atoms with Crippen molar-refractivity contribution in [2.75, 3.05) is 0 Å². The fourth-order valence-electron chi connectivity index (χ4n) is 4.32. The van der Waals surface area contributed by atoms with Crippen molar-refractivity contribution < 1.29 is 29.6 Å². The third-order valence-electron chi connectivity index (χ3n) is 6.44. The fraction of sp³-hybridized carbons (Fsp3) is 0.720. The van der Waals surface area contributed by atoms with E-state index in [1.165, 1.54) is 0 Å². The van der Waals surface area contributed by atoms with E-state index in [9.17, 15) is 20.1 Å². The third-order valence-corrected chi connectivity index (χ3v) is 6.44. The number of carbonyl (C=O) groups is 1. The average molecular weight is 452 g/mol. The van der Waals surface area contributed by atoms with E-state index >= 15 is 0 Å². The van der Waals surface area contributed by atoms with Crippen LogP contribution in [-0.2, 0) is 4.74 Å². The summed E-state index contributed by atoms with van der Waals surface area (Å²) in [4.78, 5) is 12.3. The molecule has 0 spiro atoms. The molecule has 0 heterocycles. The van der Waals surface area contributed by atoms with Gasteiger partial charge in [-0.3, -0.25) is 0 Å². The molecule has 2 rings (SSSR count). The van der Waals surface area contributed by atoms with Crippen LogP contribution in [0, 0.1) is 11.3 Å². The van der Waals surface area contributed by atoms with Crippen LogP contribution >= 0.6 is 0 Å². The molecule has 1 amide bonds. The van der Waals surface area contributed by atoms with E-state index in [1.54, 1.807) is 58.9 Å². The van der Waals surface area contributed by atoms with Crippen LogP contribution in [0.4, 0.5) is 4.79 Å². The van der Waals surface area contributed by atoms with E-state index in [1.807, 2.05) is 6.92 Å². The van der Waals surface area contributed by atoms with Crippen LogP contribution in [0.3, 0.4) is 0 Å². The third kappa shape index (κ3) is 6.59. The number of hydrogen-bond donors (Lipinski definition) is 4. The maximum absolute atomic E-state index is 12.3. The molecule has 1 aromatic rings. The standard InChI is InChI=1S/C25H41NO6/c1-8-24(15-13-17(2)14-16-24)25(29,30)31-19-11-9-18(10-12-19)20(23(6,7)28)26-21(27)32-22(3,4)5/h9-12,17,20,28-30H,8,13-16H2,1-7H3,(H,26,27). The van der Waals surface area contributed by atoms with Gasteiger partial charge in [-0.15, -0.1) is 0 Å². The first-order chi connectivity index (χ1) is 14.6. The number of benzene rings is 1. The molecule has 32 heavy (non-hydrogen) atoms. The Kier molecular flexibility index (Phi) is 7.91. The summed E-state index contributed by atoms with van der Waals surface area (Å²) in [7, 11) is 0. The Bertz CT molecular complexity index is 752. The molecule has 182 valence electrons. The van der Waals surface area contributed by atoms with Gasteiger partial charge in [-0.1, -0.05) is 26.0 Å². The normalized spacial score (nSPS) is 23.4. The van der Waals surface area contributed by atoms with Gasteiger partial charge in [0.25, 0.3) is 0 Å². The van der Waals surface area contributed by atoms with E-state index in [0.717, 1.165) is 12.8 Å². The second-order valence-corrected chi connectivity index (χ2v) is 10.8. The smallest absolute Gasteiger partial charge is 0.408 e. The van der Waals surface area contributed by atoms with E-state index in [-0.39, 0.29) is 0 Å². The summed E-state index contributed by atoms with van der Waals surface area (Å²) in [5.41, 5.74) is -2.01. The molecule has 1 atom stereocenters. The quantitative estimate of drug-likeness (QED) is 0.450. The first-order valence-corrected chi connectivity index (χ1v) is 11.5. The SMILES string of the molecule is CCC1(C(O)(O)Oc2ccc(C(NC(=O)OC(C)(C)C)C(C)(C)O)cc2)CCC(C)CC1. The second kappa shape index (κ2) is 9.57. The maximum atomic E-state index is 12.3. The van der Waals surface area contributed by atoms with Gasteiger partial charge in [0.15, 0.2) is 0 Å². The summed E-state index contributed by atoms with van der Waals surface area (Å²) in [5, 5.41) is 35.1. The highest BCUT2D eigenvalue weighted by Gasteiger charge is 2.52. The molecule has 7 nitrogen and oxygen atoms in total. The predicted molar refractivity (Wildman–Crippen MR) is 123 cm³/mol. The fourth-order valence-corrected chi connectivity index (χ4v) is 4.32. The highest BCUT2D eigenvalue weighted by molar-refractivity contribution is 5.68. The molecule has 1 unspecified atom stereocenters. The Balaban J connectivity index is 2.18. The van der Waals surface area contributed by atoms with Crippen molar-refractivity contribution in [1.29, 1.82) is 0 Å². The minimum atomic E-state index is -2.28. The molecule has 0 bridgehead atoms. The van der Waals surface area contributed by atoms with Gasteiger partial charge in [-0.05, 0) is 90.3 Å². The summed E-state index contributed by atoms with van der Waals surface area (Å²) in [6.07, 6.45) is 3.22. The second-order valence-electron chi connectivity index (χ2n) is 10.8. The molecule has 1 aliphatic rings. The summed E-state index contributed by atoms with van der Waals surface area (Å²) in [5.74, 6) is -1.41. The van der Waals surface area contributed by atoms with E-state index in [2.05, 4.69) is 12.2 Å². The van der Waals surface area contributed by atoms with E-state index in [0.29, 0.717) is 36.5 Å². The lowest BCUT2D eigenvalue weighted by Crippen LogP contribution is -2.54. The van der Waals surface area contributed by atoms with Gasteiger partial charge in [0.2, 0.25) is 0 Å². The molecule has 0 radical (unpaired) electrons. The van der Waals surface area contributed by atoms with Crippen molar-refractivity contribution in [3.63, 3.8) is 0 Å². The lowest BCUT2D eigenvalue weighted by molar-refractivity contribution is -0.365. The summed E-state index contributed by atoms with van der Waals surface area (Å²) >= 11 is 0. The van der Waals surface area contributed by atoms with Crippen LogP contribution < -0.4 is 10.1 Å². The molecule has 4 N–H and O–H groups in total. The van der Waals surface area contributed by atoms with Crippen LogP contribution in [0.2, 0.25) is 0 Å². The van der Waals surface area contributed by atoms with Gasteiger partial charge in [-0.25, -0.2) is 4.79 Å². The zero-order valence-corrected chi connectivity index (χ0v) is 20.6. The molecule has 1 fully saturated rings. The number of rotatable bonds is 7. The Labute approximate surface area is 192 Å². The highest BCUT2D eigenvalue weighted by Crippen LogP contribution is 2.48. The Morgan fingerprint density at radius 3 is 2.06 bits per heavy atom. The highest BCUT2D eigenvalue weighted by atomic mass is 16.8. The summed E-state index contributed by atoms with van der Waals surface area (Å²) < 4.78 is 11.0. The molecule has 0 aliphatic heterocycles. The largest absolute Gasteiger partial charge is 0.444 e. The number of amides is 1. The molecule has 1 saturated carbocycles. The Morgan fingerprint density at radius 1 is 1.09 bits per heavy atom. The average Bonchev–Trinajstić information content (AvgIpc) is 2.65. The van der Waals surface area contributed by atoms with Crippen molar-refractivity contribution in [3.8, 4) is 5.75 Å². The van der Waals surface area contributed by atoms with Gasteiger partial charge in [-0.2, -0.15) is 0 Å². The summed E-state index contributed by atoms with van der Waals surface area (Å²) in [6, 6.07) is 5.86. The molecule has 0 aromatic heterocycles. The molecular formula is C25H41NO6. The Hall–Kier alpha value is -1.83. The number of nitrogens with one attached hydrogen (secondary N) is 1. The summed E-state index contributed by atoms with van der Waals surface area (Å²) in [6.45, 7) is 12.6. The van der Waals surface area contributed by atoms with Gasteiger partial charge < -0.3 is 30.1 Å². The zero-order chi connectivity index (χ0) is 24.4. The van der Waals surface area contributed by atoms with Gasteiger partial charge in [0.1, 0.15) is 11.4 Å². The van der Waals surface area contributed by atoms with Crippen molar-refractivity contribution in [3.05, 3.63) is 29.8 Å². The molecule has 0 saturated heterocycles. The number of carbonyl (C=O) groups excluding carboxylic acids is 1. The lowest BCUT2D eigenvalue weighted by Gasteiger charge is -2.46. The molecule has 1 aromatic carbocycles. The van der Waals surface area contributed by atoms with Crippen LogP contribution in [0.5, 0.6) is 5.75 Å². The number of alkyl carbamates (subject to hydrolysis) is 1. The first kappa shape index (κ1) is 26.4. The lowest BCUT2D eigenvalue weighted by atomic mass is 9.67. The zero-order valence-electron chi connectivity index (χ0n) is 20.6. The number of ether oxygens (including phenoxy) is 2. The van der Waals surface area contributed by atoms with Crippen LogP contribution in [0.15, 0.2) is 24.3 Å². The Morgan fingerprint density at radius 2 is 1.62 bits per heavy atom. The maximum Gasteiger partial charge on any atom is 0.408 e. The van der Waals surface area contributed by atoms with E-state index < -0.39 is 34.7 Å². The number of hydrogen-bond acceptors (Lipinski definition) is 6. The first-order valence-electron chi connectivity index (χ1n) is 11.5.